The highest BCUT2D eigenvalue weighted by atomic mass is 19.4. The van der Waals surface area contributed by atoms with Gasteiger partial charge in [-0.2, -0.15) is 33.1 Å². The van der Waals surface area contributed by atoms with Gasteiger partial charge in [0.15, 0.2) is 6.04 Å². The number of fused-ring (bicyclic) bond motifs is 1. The molecule has 1 unspecified atom stereocenters. The zero-order chi connectivity index (χ0) is 18.4. The second kappa shape index (κ2) is 5.87. The summed E-state index contributed by atoms with van der Waals surface area (Å²) in [7, 11) is 1.55. The number of amides is 1. The van der Waals surface area contributed by atoms with E-state index in [4.69, 9.17) is 0 Å². The lowest BCUT2D eigenvalue weighted by molar-refractivity contribution is -0.155. The quantitative estimate of drug-likeness (QED) is 0.783. The molecule has 132 valence electrons. The van der Waals surface area contributed by atoms with Crippen molar-refractivity contribution >= 4 is 11.4 Å². The maximum absolute atomic E-state index is 13.6. The highest BCUT2D eigenvalue weighted by molar-refractivity contribution is 6.00. The molecule has 25 heavy (non-hydrogen) atoms. The lowest BCUT2D eigenvalue weighted by Gasteiger charge is -2.22. The number of aryl methyl sites for hydroxylation is 2. The number of hydrogen-bond donors (Lipinski definition) is 1. The van der Waals surface area contributed by atoms with Crippen LogP contribution in [0.1, 0.15) is 33.4 Å². The monoisotopic (exact) mass is 352 g/mol. The number of aromatic nitrogens is 5. The van der Waals surface area contributed by atoms with Crippen LogP contribution in [0.3, 0.4) is 0 Å². The molecule has 1 amide bonds. The molecule has 3 aromatic rings. The molecule has 0 saturated heterocycles. The number of carbonyl (C=O) groups excluding carboxylic acids is 1. The van der Waals surface area contributed by atoms with Gasteiger partial charge in [0.1, 0.15) is 5.52 Å². The minimum atomic E-state index is -4.67. The van der Waals surface area contributed by atoms with Crippen LogP contribution in [0.4, 0.5) is 13.2 Å². The Labute approximate surface area is 140 Å². The predicted molar refractivity (Wildman–Crippen MR) is 81.9 cm³/mol. The van der Waals surface area contributed by atoms with Crippen LogP contribution < -0.4 is 5.32 Å². The fourth-order valence-corrected chi connectivity index (χ4v) is 2.74. The minimum absolute atomic E-state index is 0.0153. The molecule has 1 atom stereocenters. The first-order valence-electron chi connectivity index (χ1n) is 7.37. The summed E-state index contributed by atoms with van der Waals surface area (Å²) in [5.74, 6) is -0.882. The van der Waals surface area contributed by atoms with E-state index < -0.39 is 18.1 Å². The highest BCUT2D eigenvalue weighted by Crippen LogP contribution is 2.36. The van der Waals surface area contributed by atoms with Gasteiger partial charge in [0.25, 0.3) is 5.91 Å². The zero-order valence-corrected chi connectivity index (χ0v) is 13.7. The second-order valence-corrected chi connectivity index (χ2v) is 5.61. The van der Waals surface area contributed by atoms with Gasteiger partial charge in [0.05, 0.1) is 17.5 Å². The topological polar surface area (TPSA) is 77.1 Å². The van der Waals surface area contributed by atoms with Crippen molar-refractivity contribution in [3.63, 3.8) is 0 Å². The Balaban J connectivity index is 2.00. The molecule has 0 aliphatic carbocycles. The van der Waals surface area contributed by atoms with Gasteiger partial charge in [0.2, 0.25) is 0 Å². The summed E-state index contributed by atoms with van der Waals surface area (Å²) >= 11 is 0. The molecule has 0 fully saturated rings. The van der Waals surface area contributed by atoms with Crippen LogP contribution in [-0.2, 0) is 7.05 Å². The van der Waals surface area contributed by atoms with Crippen molar-refractivity contribution in [2.45, 2.75) is 26.1 Å². The van der Waals surface area contributed by atoms with E-state index in [1.165, 1.54) is 35.6 Å². The Bertz CT molecular complexity index is 943. The molecule has 0 radical (unpaired) electrons. The molecule has 3 heterocycles. The number of alkyl halides is 3. The molecular formula is C15H15F3N6O. The van der Waals surface area contributed by atoms with Gasteiger partial charge in [-0.1, -0.05) is 0 Å². The van der Waals surface area contributed by atoms with Crippen LogP contribution >= 0.6 is 0 Å². The van der Waals surface area contributed by atoms with Gasteiger partial charge in [-0.25, -0.2) is 0 Å². The zero-order valence-electron chi connectivity index (χ0n) is 13.7. The van der Waals surface area contributed by atoms with Gasteiger partial charge >= 0.3 is 6.18 Å². The molecule has 0 spiro atoms. The first kappa shape index (κ1) is 16.9. The highest BCUT2D eigenvalue weighted by Gasteiger charge is 2.44. The third-order valence-corrected chi connectivity index (χ3v) is 4.00. The lowest BCUT2D eigenvalue weighted by Crippen LogP contribution is -2.38. The smallest absolute Gasteiger partial charge is 0.336 e. The average Bonchev–Trinajstić information content (AvgIpc) is 3.06. The summed E-state index contributed by atoms with van der Waals surface area (Å²) in [6, 6.07) is 0.961. The third kappa shape index (κ3) is 2.94. The van der Waals surface area contributed by atoms with Gasteiger partial charge in [0, 0.05) is 24.5 Å². The van der Waals surface area contributed by atoms with Crippen molar-refractivity contribution in [2.75, 3.05) is 0 Å². The van der Waals surface area contributed by atoms with Crippen molar-refractivity contribution in [3.8, 4) is 0 Å². The van der Waals surface area contributed by atoms with Crippen molar-refractivity contribution in [3.05, 3.63) is 47.0 Å². The summed E-state index contributed by atoms with van der Waals surface area (Å²) in [6.45, 7) is 3.01. The molecule has 0 saturated carbocycles. The maximum Gasteiger partial charge on any atom is 0.413 e. The predicted octanol–water partition coefficient (Wildman–Crippen LogP) is 2.11. The van der Waals surface area contributed by atoms with Crippen molar-refractivity contribution in [2.24, 2.45) is 7.05 Å². The van der Waals surface area contributed by atoms with Gasteiger partial charge in [-0.05, 0) is 26.0 Å². The van der Waals surface area contributed by atoms with E-state index in [1.807, 2.05) is 0 Å². The summed E-state index contributed by atoms with van der Waals surface area (Å²) in [4.78, 5) is 12.5. The molecule has 7 nitrogen and oxygen atoms in total. The average molecular weight is 352 g/mol. The molecule has 3 aromatic heterocycles. The van der Waals surface area contributed by atoms with Gasteiger partial charge in [-0.15, -0.1) is 0 Å². The molecule has 3 rings (SSSR count). The standard InChI is InChI=1S/C15H15F3N6O/c1-8-12(9(2)23(3)22-8)13(15(16,17)18)21-14(25)10-7-20-24-11(10)5-4-6-19-24/h4-7,13H,1-3H3,(H,21,25). The largest absolute Gasteiger partial charge is 0.413 e. The molecule has 1 N–H and O–H groups in total. The fraction of sp³-hybridized carbons (Fsp3) is 0.333. The van der Waals surface area contributed by atoms with Gasteiger partial charge in [-0.3, -0.25) is 9.48 Å². The molecular weight excluding hydrogens is 337 g/mol. The molecule has 0 bridgehead atoms. The third-order valence-electron chi connectivity index (χ3n) is 4.00. The number of nitrogens with one attached hydrogen (secondary N) is 1. The number of halogens is 3. The van der Waals surface area contributed by atoms with Crippen molar-refractivity contribution in [1.29, 1.82) is 0 Å². The molecule has 0 aromatic carbocycles. The molecule has 0 aliphatic heterocycles. The summed E-state index contributed by atoms with van der Waals surface area (Å²) in [6.07, 6.45) is -2.02. The number of hydrogen-bond acceptors (Lipinski definition) is 4. The summed E-state index contributed by atoms with van der Waals surface area (Å²) in [5.41, 5.74) is 0.825. The van der Waals surface area contributed by atoms with E-state index in [0.29, 0.717) is 11.2 Å². The second-order valence-electron chi connectivity index (χ2n) is 5.61. The molecule has 10 heteroatoms. The van der Waals surface area contributed by atoms with E-state index >= 15 is 0 Å². The normalized spacial score (nSPS) is 13.2. The summed E-state index contributed by atoms with van der Waals surface area (Å²) in [5, 5.41) is 13.8. The van der Waals surface area contributed by atoms with E-state index in [9.17, 15) is 18.0 Å². The number of nitrogens with zero attached hydrogens (tertiary/aromatic N) is 5. The SMILES string of the molecule is Cc1nn(C)c(C)c1C(NC(=O)c1cnn2ncccc12)C(F)(F)F. The minimum Gasteiger partial charge on any atom is -0.336 e. The van der Waals surface area contributed by atoms with E-state index in [1.54, 1.807) is 19.2 Å². The number of rotatable bonds is 3. The lowest BCUT2D eigenvalue weighted by atomic mass is 10.0. The van der Waals surface area contributed by atoms with Crippen molar-refractivity contribution in [1.82, 2.24) is 29.9 Å². The fourth-order valence-electron chi connectivity index (χ4n) is 2.74. The van der Waals surface area contributed by atoms with Crippen LogP contribution in [-0.4, -0.2) is 36.7 Å². The Kier molecular flexibility index (Phi) is 3.97. The van der Waals surface area contributed by atoms with E-state index in [2.05, 4.69) is 20.6 Å². The Morgan fingerprint density at radius 1 is 1.28 bits per heavy atom. The molecule has 0 aliphatic rings. The van der Waals surface area contributed by atoms with Crippen molar-refractivity contribution < 1.29 is 18.0 Å². The van der Waals surface area contributed by atoms with Crippen LogP contribution in [0.2, 0.25) is 0 Å². The van der Waals surface area contributed by atoms with Crippen LogP contribution in [0.15, 0.2) is 24.5 Å². The van der Waals surface area contributed by atoms with E-state index in [0.717, 1.165) is 0 Å². The maximum atomic E-state index is 13.6. The Hall–Kier alpha value is -2.91. The first-order valence-corrected chi connectivity index (χ1v) is 7.37. The first-order chi connectivity index (χ1) is 11.7. The van der Waals surface area contributed by atoms with Crippen LogP contribution in [0.25, 0.3) is 5.52 Å². The van der Waals surface area contributed by atoms with Gasteiger partial charge < -0.3 is 5.32 Å². The Morgan fingerprint density at radius 3 is 2.60 bits per heavy atom. The summed E-state index contributed by atoms with van der Waals surface area (Å²) < 4.78 is 43.4. The Morgan fingerprint density at radius 2 is 2.00 bits per heavy atom. The number of carbonyl (C=O) groups is 1. The van der Waals surface area contributed by atoms with Crippen LogP contribution in [0.5, 0.6) is 0 Å². The van der Waals surface area contributed by atoms with Crippen LogP contribution in [0, 0.1) is 13.8 Å². The van der Waals surface area contributed by atoms with E-state index in [-0.39, 0.29) is 16.8 Å².